The van der Waals surface area contributed by atoms with Crippen molar-refractivity contribution in [3.8, 4) is 6.07 Å². The average Bonchev–Trinajstić information content (AvgIpc) is 2.44. The summed E-state index contributed by atoms with van der Waals surface area (Å²) in [6, 6.07) is 10.8. The van der Waals surface area contributed by atoms with Gasteiger partial charge in [-0.25, -0.2) is 8.42 Å². The van der Waals surface area contributed by atoms with Gasteiger partial charge < -0.3 is 0 Å². The Balaban J connectivity index is 2.48. The lowest BCUT2D eigenvalue weighted by atomic mass is 10.2. The van der Waals surface area contributed by atoms with Crippen molar-refractivity contribution in [2.24, 2.45) is 0 Å². The third kappa shape index (κ3) is 3.30. The summed E-state index contributed by atoms with van der Waals surface area (Å²) in [5, 5.41) is 9.62. The van der Waals surface area contributed by atoms with Crippen molar-refractivity contribution in [3.63, 3.8) is 0 Å². The van der Waals surface area contributed by atoms with Crippen LogP contribution in [-0.2, 0) is 10.0 Å². The Hall–Kier alpha value is -1.74. The molecule has 21 heavy (non-hydrogen) atoms. The molecule has 4 nitrogen and oxygen atoms in total. The molecule has 108 valence electrons. The SMILES string of the molecule is Cc1cc(Cl)c(NS(=O)(=O)c2ccccc2C#N)cc1Cl. The molecule has 2 rings (SSSR count). The molecular formula is C14H10Cl2N2O2S. The molecule has 0 saturated carbocycles. The lowest BCUT2D eigenvalue weighted by Gasteiger charge is -2.12. The molecule has 7 heteroatoms. The molecule has 0 aliphatic heterocycles. The zero-order valence-corrected chi connectivity index (χ0v) is 13.2. The summed E-state index contributed by atoms with van der Waals surface area (Å²) in [5.74, 6) is 0. The monoisotopic (exact) mass is 340 g/mol. The van der Waals surface area contributed by atoms with Gasteiger partial charge >= 0.3 is 0 Å². The summed E-state index contributed by atoms with van der Waals surface area (Å²) >= 11 is 12.0. The normalized spacial score (nSPS) is 11.0. The summed E-state index contributed by atoms with van der Waals surface area (Å²) in [6.07, 6.45) is 0. The van der Waals surface area contributed by atoms with Crippen molar-refractivity contribution in [3.05, 3.63) is 57.6 Å². The maximum absolute atomic E-state index is 12.4. The lowest BCUT2D eigenvalue weighted by molar-refractivity contribution is 0.601. The number of sulfonamides is 1. The number of aryl methyl sites for hydroxylation is 1. The van der Waals surface area contributed by atoms with Crippen LogP contribution in [0.15, 0.2) is 41.3 Å². The largest absolute Gasteiger partial charge is 0.278 e. The van der Waals surface area contributed by atoms with Gasteiger partial charge in [-0.3, -0.25) is 4.72 Å². The molecule has 0 unspecified atom stereocenters. The lowest BCUT2D eigenvalue weighted by Crippen LogP contribution is -2.14. The van der Waals surface area contributed by atoms with E-state index in [2.05, 4.69) is 4.72 Å². The first-order valence-electron chi connectivity index (χ1n) is 5.83. The topological polar surface area (TPSA) is 70.0 Å². The van der Waals surface area contributed by atoms with Crippen molar-refractivity contribution in [1.29, 1.82) is 5.26 Å². The van der Waals surface area contributed by atoms with Gasteiger partial charge in [0.05, 0.1) is 16.3 Å². The fourth-order valence-corrected chi connectivity index (χ4v) is 3.43. The Morgan fingerprint density at radius 2 is 1.81 bits per heavy atom. The molecule has 1 N–H and O–H groups in total. The highest BCUT2D eigenvalue weighted by Gasteiger charge is 2.19. The number of nitrogens with zero attached hydrogens (tertiary/aromatic N) is 1. The first-order chi connectivity index (χ1) is 9.85. The first kappa shape index (κ1) is 15.6. The summed E-state index contributed by atoms with van der Waals surface area (Å²) in [5.41, 5.74) is 0.960. The standard InChI is InChI=1S/C14H10Cl2N2O2S/c1-9-6-12(16)13(7-11(9)15)18-21(19,20)14-5-3-2-4-10(14)8-17/h2-7,18H,1H3. The van der Waals surface area contributed by atoms with Gasteiger partial charge in [0, 0.05) is 5.02 Å². The fraction of sp³-hybridized carbons (Fsp3) is 0.0714. The first-order valence-corrected chi connectivity index (χ1v) is 8.06. The molecule has 0 bridgehead atoms. The van der Waals surface area contributed by atoms with Gasteiger partial charge in [-0.05, 0) is 36.8 Å². The van der Waals surface area contributed by atoms with Gasteiger partial charge in [0.1, 0.15) is 11.0 Å². The molecule has 0 atom stereocenters. The minimum absolute atomic E-state index is 0.0549. The second-order valence-electron chi connectivity index (χ2n) is 4.29. The van der Waals surface area contributed by atoms with Crippen LogP contribution in [0.3, 0.4) is 0 Å². The average molecular weight is 341 g/mol. The van der Waals surface area contributed by atoms with Crippen LogP contribution in [-0.4, -0.2) is 8.42 Å². The van der Waals surface area contributed by atoms with Crippen molar-refractivity contribution in [2.75, 3.05) is 4.72 Å². The number of hydrogen-bond acceptors (Lipinski definition) is 3. The van der Waals surface area contributed by atoms with E-state index in [1.807, 2.05) is 6.07 Å². The third-order valence-corrected chi connectivity index (χ3v) is 4.93. The van der Waals surface area contributed by atoms with Gasteiger partial charge in [0.25, 0.3) is 10.0 Å². The zero-order chi connectivity index (χ0) is 15.6. The highest BCUT2D eigenvalue weighted by molar-refractivity contribution is 7.92. The minimum atomic E-state index is -3.92. The number of rotatable bonds is 3. The highest BCUT2D eigenvalue weighted by atomic mass is 35.5. The Morgan fingerprint density at radius 3 is 2.48 bits per heavy atom. The van der Waals surface area contributed by atoms with E-state index in [0.29, 0.717) is 5.02 Å². The number of halogens is 2. The number of nitriles is 1. The van der Waals surface area contributed by atoms with E-state index < -0.39 is 10.0 Å². The van der Waals surface area contributed by atoms with E-state index in [0.717, 1.165) is 5.56 Å². The van der Waals surface area contributed by atoms with Crippen LogP contribution in [0, 0.1) is 18.3 Å². The number of nitrogens with one attached hydrogen (secondary N) is 1. The van der Waals surface area contributed by atoms with Crippen molar-refractivity contribution >= 4 is 38.9 Å². The number of benzene rings is 2. The van der Waals surface area contributed by atoms with E-state index in [1.54, 1.807) is 25.1 Å². The molecule has 0 amide bonds. The van der Waals surface area contributed by atoms with Gasteiger partial charge in [-0.15, -0.1) is 0 Å². The molecule has 0 aliphatic carbocycles. The highest BCUT2D eigenvalue weighted by Crippen LogP contribution is 2.30. The van der Waals surface area contributed by atoms with Crippen LogP contribution >= 0.6 is 23.2 Å². The fourth-order valence-electron chi connectivity index (χ4n) is 1.72. The summed E-state index contributed by atoms with van der Waals surface area (Å²) in [4.78, 5) is -0.111. The van der Waals surface area contributed by atoms with E-state index in [1.165, 1.54) is 18.2 Å². The zero-order valence-electron chi connectivity index (χ0n) is 10.9. The summed E-state index contributed by atoms with van der Waals surface area (Å²) in [7, 11) is -3.92. The summed E-state index contributed by atoms with van der Waals surface area (Å²) in [6.45, 7) is 1.76. The Bertz CT molecular complexity index is 843. The second kappa shape index (κ2) is 5.94. The Labute approximate surface area is 133 Å². The molecule has 0 saturated heterocycles. The molecule has 0 heterocycles. The van der Waals surface area contributed by atoms with Crippen molar-refractivity contribution in [2.45, 2.75) is 11.8 Å². The molecule has 0 aliphatic rings. The maximum atomic E-state index is 12.4. The van der Waals surface area contributed by atoms with Crippen LogP contribution in [0.25, 0.3) is 0 Å². The van der Waals surface area contributed by atoms with Crippen molar-refractivity contribution < 1.29 is 8.42 Å². The molecule has 2 aromatic rings. The van der Waals surface area contributed by atoms with Crippen LogP contribution in [0.5, 0.6) is 0 Å². The van der Waals surface area contributed by atoms with Crippen LogP contribution < -0.4 is 4.72 Å². The van der Waals surface area contributed by atoms with E-state index in [-0.39, 0.29) is 21.2 Å². The van der Waals surface area contributed by atoms with Crippen LogP contribution in [0.2, 0.25) is 10.0 Å². The van der Waals surface area contributed by atoms with E-state index >= 15 is 0 Å². The van der Waals surface area contributed by atoms with E-state index in [4.69, 9.17) is 28.5 Å². The third-order valence-electron chi connectivity index (χ3n) is 2.79. The predicted octanol–water partition coefficient (Wildman–Crippen LogP) is 3.97. The number of hydrogen-bond donors (Lipinski definition) is 1. The van der Waals surface area contributed by atoms with E-state index in [9.17, 15) is 8.42 Å². The quantitative estimate of drug-likeness (QED) is 0.918. The van der Waals surface area contributed by atoms with Crippen LogP contribution in [0.1, 0.15) is 11.1 Å². The minimum Gasteiger partial charge on any atom is -0.278 e. The van der Waals surface area contributed by atoms with Crippen LogP contribution in [0.4, 0.5) is 5.69 Å². The molecule has 2 aromatic carbocycles. The number of anilines is 1. The Morgan fingerprint density at radius 1 is 1.14 bits per heavy atom. The van der Waals surface area contributed by atoms with Gasteiger partial charge in [-0.2, -0.15) is 5.26 Å². The second-order valence-corrected chi connectivity index (χ2v) is 6.76. The van der Waals surface area contributed by atoms with Gasteiger partial charge in [0.2, 0.25) is 0 Å². The Kier molecular flexibility index (Phi) is 4.43. The molecule has 0 spiro atoms. The molecule has 0 aromatic heterocycles. The predicted molar refractivity (Wildman–Crippen MR) is 83.2 cm³/mol. The molecule has 0 fully saturated rings. The smallest absolute Gasteiger partial charge is 0.263 e. The molecule has 0 radical (unpaired) electrons. The maximum Gasteiger partial charge on any atom is 0.263 e. The van der Waals surface area contributed by atoms with Gasteiger partial charge in [-0.1, -0.05) is 35.3 Å². The van der Waals surface area contributed by atoms with Crippen molar-refractivity contribution in [1.82, 2.24) is 0 Å². The summed E-state index contributed by atoms with van der Waals surface area (Å²) < 4.78 is 27.1. The van der Waals surface area contributed by atoms with Gasteiger partial charge in [0.15, 0.2) is 0 Å². The molecular weight excluding hydrogens is 331 g/mol.